The van der Waals surface area contributed by atoms with Crippen molar-refractivity contribution < 1.29 is 0 Å². The van der Waals surface area contributed by atoms with Gasteiger partial charge in [-0.25, -0.2) is 0 Å². The van der Waals surface area contributed by atoms with Gasteiger partial charge in [0.2, 0.25) is 0 Å². The molecule has 0 spiro atoms. The molecule has 3 heteroatoms. The fourth-order valence-corrected chi connectivity index (χ4v) is 2.12. The van der Waals surface area contributed by atoms with Crippen molar-refractivity contribution in [2.24, 2.45) is 17.4 Å². The van der Waals surface area contributed by atoms with Gasteiger partial charge in [-0.2, -0.15) is 0 Å². The predicted molar refractivity (Wildman–Crippen MR) is 77.0 cm³/mol. The number of unbranched alkanes of at least 4 members (excludes halogenated alkanes) is 1. The molecule has 0 aromatic carbocycles. The Morgan fingerprint density at radius 2 is 1.94 bits per heavy atom. The van der Waals surface area contributed by atoms with Crippen molar-refractivity contribution >= 4 is 0 Å². The summed E-state index contributed by atoms with van der Waals surface area (Å²) in [5.74, 6) is 0.750. The molecule has 0 radical (unpaired) electrons. The van der Waals surface area contributed by atoms with Gasteiger partial charge in [-0.1, -0.05) is 38.3 Å². The minimum atomic E-state index is 0.468. The van der Waals surface area contributed by atoms with Gasteiger partial charge in [0.05, 0.1) is 0 Å². The van der Waals surface area contributed by atoms with Gasteiger partial charge < -0.3 is 16.8 Å². The van der Waals surface area contributed by atoms with Gasteiger partial charge in [-0.15, -0.1) is 0 Å². The summed E-state index contributed by atoms with van der Waals surface area (Å²) in [6.45, 7) is 3.78. The molecule has 0 rings (SSSR count). The van der Waals surface area contributed by atoms with Crippen molar-refractivity contribution in [3.8, 4) is 0 Å². The Morgan fingerprint density at radius 1 is 1.18 bits per heavy atom. The highest BCUT2D eigenvalue weighted by molar-refractivity contribution is 4.93. The molecule has 0 aromatic rings. The maximum atomic E-state index is 5.69. The lowest BCUT2D eigenvalue weighted by Gasteiger charge is -2.20. The highest BCUT2D eigenvalue weighted by Gasteiger charge is 2.12. The Balaban J connectivity index is 4.07. The topological polar surface area (TPSA) is 64.1 Å². The molecule has 0 aliphatic heterocycles. The van der Waals surface area contributed by atoms with E-state index in [1.807, 2.05) is 7.05 Å². The second-order valence-electron chi connectivity index (χ2n) is 4.72. The molecule has 2 atom stereocenters. The molecule has 0 amide bonds. The van der Waals surface area contributed by atoms with Gasteiger partial charge in [0.25, 0.3) is 0 Å². The Bertz CT molecular complexity index is 180. The van der Waals surface area contributed by atoms with E-state index in [1.54, 1.807) is 0 Å². The Labute approximate surface area is 107 Å². The van der Waals surface area contributed by atoms with Gasteiger partial charge in [-0.3, -0.25) is 0 Å². The molecular formula is C14H31N3. The van der Waals surface area contributed by atoms with Crippen molar-refractivity contribution in [1.82, 2.24) is 5.32 Å². The lowest BCUT2D eigenvalue weighted by molar-refractivity contribution is 0.379. The van der Waals surface area contributed by atoms with Gasteiger partial charge >= 0.3 is 0 Å². The molecule has 0 saturated carbocycles. The third kappa shape index (κ3) is 9.33. The number of rotatable bonds is 11. The molecule has 17 heavy (non-hydrogen) atoms. The summed E-state index contributed by atoms with van der Waals surface area (Å²) >= 11 is 0. The van der Waals surface area contributed by atoms with E-state index in [9.17, 15) is 0 Å². The van der Waals surface area contributed by atoms with Crippen LogP contribution in [0.15, 0.2) is 12.2 Å². The number of hydrogen-bond donors (Lipinski definition) is 3. The van der Waals surface area contributed by atoms with E-state index in [0.717, 1.165) is 31.8 Å². The van der Waals surface area contributed by atoms with Crippen LogP contribution in [0.5, 0.6) is 0 Å². The van der Waals surface area contributed by atoms with Crippen LogP contribution in [-0.4, -0.2) is 26.2 Å². The first kappa shape index (κ1) is 16.6. The summed E-state index contributed by atoms with van der Waals surface area (Å²) in [6.07, 6.45) is 11.6. The highest BCUT2D eigenvalue weighted by atomic mass is 14.9. The van der Waals surface area contributed by atoms with Crippen LogP contribution in [0.4, 0.5) is 0 Å². The molecule has 2 unspecified atom stereocenters. The fraction of sp³-hybridized carbons (Fsp3) is 0.857. The Kier molecular flexibility index (Phi) is 11.8. The van der Waals surface area contributed by atoms with Crippen LogP contribution >= 0.6 is 0 Å². The summed E-state index contributed by atoms with van der Waals surface area (Å²) in [6, 6.07) is 0.468. The Morgan fingerprint density at radius 3 is 2.47 bits per heavy atom. The Hall–Kier alpha value is -0.380. The lowest BCUT2D eigenvalue weighted by Crippen LogP contribution is -2.26. The van der Waals surface area contributed by atoms with Crippen molar-refractivity contribution in [3.63, 3.8) is 0 Å². The molecular weight excluding hydrogens is 210 g/mol. The first-order valence-electron chi connectivity index (χ1n) is 7.02. The number of nitrogens with two attached hydrogens (primary N) is 2. The van der Waals surface area contributed by atoms with E-state index in [1.165, 1.54) is 25.7 Å². The first-order chi connectivity index (χ1) is 8.28. The quantitative estimate of drug-likeness (QED) is 0.485. The third-order valence-electron chi connectivity index (χ3n) is 3.20. The SMILES string of the molecule is CCCCC(CCN)CC(/C=C\CCN)NC. The first-order valence-corrected chi connectivity index (χ1v) is 7.02. The maximum Gasteiger partial charge on any atom is 0.0249 e. The molecule has 5 N–H and O–H groups in total. The van der Waals surface area contributed by atoms with Crippen molar-refractivity contribution in [2.45, 2.75) is 51.5 Å². The molecule has 102 valence electrons. The molecule has 3 nitrogen and oxygen atoms in total. The summed E-state index contributed by atoms with van der Waals surface area (Å²) in [7, 11) is 2.02. The smallest absolute Gasteiger partial charge is 0.0249 e. The zero-order valence-electron chi connectivity index (χ0n) is 11.6. The van der Waals surface area contributed by atoms with Crippen molar-refractivity contribution in [1.29, 1.82) is 0 Å². The van der Waals surface area contributed by atoms with E-state index in [4.69, 9.17) is 11.5 Å². The van der Waals surface area contributed by atoms with E-state index in [-0.39, 0.29) is 0 Å². The predicted octanol–water partition coefficient (Wildman–Crippen LogP) is 2.02. The van der Waals surface area contributed by atoms with E-state index in [2.05, 4.69) is 24.4 Å². The highest BCUT2D eigenvalue weighted by Crippen LogP contribution is 2.18. The zero-order valence-corrected chi connectivity index (χ0v) is 11.6. The standard InChI is InChI=1S/C14H31N3/c1-3-4-7-13(9-11-16)12-14(17-2)8-5-6-10-15/h5,8,13-14,17H,3-4,6-7,9-12,15-16H2,1-2H3/b8-5-. The van der Waals surface area contributed by atoms with Crippen molar-refractivity contribution in [3.05, 3.63) is 12.2 Å². The van der Waals surface area contributed by atoms with Crippen LogP contribution in [0.1, 0.15) is 45.4 Å². The van der Waals surface area contributed by atoms with Crippen molar-refractivity contribution in [2.75, 3.05) is 20.1 Å². The average Bonchev–Trinajstić information content (AvgIpc) is 2.35. The number of nitrogens with one attached hydrogen (secondary N) is 1. The monoisotopic (exact) mass is 241 g/mol. The normalized spacial score (nSPS) is 15.3. The van der Waals surface area contributed by atoms with Crippen LogP contribution in [0, 0.1) is 5.92 Å². The van der Waals surface area contributed by atoms with Gasteiger partial charge in [0.1, 0.15) is 0 Å². The van der Waals surface area contributed by atoms with Gasteiger partial charge in [0, 0.05) is 6.04 Å². The van der Waals surface area contributed by atoms with E-state index in [0.29, 0.717) is 6.04 Å². The van der Waals surface area contributed by atoms with Crippen LogP contribution in [-0.2, 0) is 0 Å². The van der Waals surface area contributed by atoms with Crippen LogP contribution in [0.3, 0.4) is 0 Å². The second kappa shape index (κ2) is 12.1. The molecule has 0 heterocycles. The minimum Gasteiger partial charge on any atom is -0.330 e. The van der Waals surface area contributed by atoms with Gasteiger partial charge in [-0.05, 0) is 45.3 Å². The van der Waals surface area contributed by atoms with Gasteiger partial charge in [0.15, 0.2) is 0 Å². The summed E-state index contributed by atoms with van der Waals surface area (Å²) in [5.41, 5.74) is 11.2. The van der Waals surface area contributed by atoms with Crippen LogP contribution in [0.2, 0.25) is 0 Å². The second-order valence-corrected chi connectivity index (χ2v) is 4.72. The van der Waals surface area contributed by atoms with E-state index >= 15 is 0 Å². The maximum absolute atomic E-state index is 5.69. The van der Waals surface area contributed by atoms with E-state index < -0.39 is 0 Å². The molecule has 0 aliphatic rings. The number of likely N-dealkylation sites (N-methyl/N-ethyl adjacent to an activating group) is 1. The summed E-state index contributed by atoms with van der Waals surface area (Å²) in [5, 5.41) is 3.36. The fourth-order valence-electron chi connectivity index (χ4n) is 2.12. The summed E-state index contributed by atoms with van der Waals surface area (Å²) in [4.78, 5) is 0. The molecule has 0 aliphatic carbocycles. The summed E-state index contributed by atoms with van der Waals surface area (Å²) < 4.78 is 0. The zero-order chi connectivity index (χ0) is 12.9. The largest absolute Gasteiger partial charge is 0.330 e. The lowest BCUT2D eigenvalue weighted by atomic mass is 9.91. The average molecular weight is 241 g/mol. The molecule has 0 bridgehead atoms. The van der Waals surface area contributed by atoms with Crippen LogP contribution < -0.4 is 16.8 Å². The molecule has 0 aromatic heterocycles. The van der Waals surface area contributed by atoms with Crippen LogP contribution in [0.25, 0.3) is 0 Å². The third-order valence-corrected chi connectivity index (χ3v) is 3.20. The molecule has 0 fully saturated rings. The molecule has 0 saturated heterocycles. The number of hydrogen-bond acceptors (Lipinski definition) is 3. The minimum absolute atomic E-state index is 0.468.